The highest BCUT2D eigenvalue weighted by Crippen LogP contribution is 2.24. The molecule has 2 aromatic heterocycles. The van der Waals surface area contributed by atoms with E-state index >= 15 is 0 Å². The molecule has 5 nitrogen and oxygen atoms in total. The molecule has 20 heavy (non-hydrogen) atoms. The highest BCUT2D eigenvalue weighted by Gasteiger charge is 2.16. The maximum atomic E-state index is 5.91. The second-order valence-electron chi connectivity index (χ2n) is 6.12. The van der Waals surface area contributed by atoms with E-state index in [1.165, 1.54) is 0 Å². The molecule has 0 aliphatic heterocycles. The molecule has 2 heterocycles. The van der Waals surface area contributed by atoms with Crippen LogP contribution in [0.4, 0.5) is 5.69 Å². The summed E-state index contributed by atoms with van der Waals surface area (Å²) in [6, 6.07) is 5.62. The summed E-state index contributed by atoms with van der Waals surface area (Å²) < 4.78 is 7.51. The van der Waals surface area contributed by atoms with Crippen molar-refractivity contribution in [3.8, 4) is 11.7 Å². The van der Waals surface area contributed by atoms with Crippen molar-refractivity contribution in [1.82, 2.24) is 14.8 Å². The van der Waals surface area contributed by atoms with Crippen molar-refractivity contribution in [2.24, 2.45) is 0 Å². The summed E-state index contributed by atoms with van der Waals surface area (Å²) in [5.41, 5.74) is 7.13. The van der Waals surface area contributed by atoms with Crippen LogP contribution in [0.5, 0.6) is 5.88 Å². The second-order valence-corrected chi connectivity index (χ2v) is 6.12. The van der Waals surface area contributed by atoms with Crippen molar-refractivity contribution >= 4 is 5.69 Å². The molecular formula is C15H22N4O. The SMILES string of the molecule is CC(C)c1ccn(-c2ccc(N)c(OC(C)(C)C)n2)n1. The van der Waals surface area contributed by atoms with Crippen molar-refractivity contribution in [2.75, 3.05) is 5.73 Å². The molecule has 0 amide bonds. The van der Waals surface area contributed by atoms with Crippen LogP contribution in [0.15, 0.2) is 24.4 Å². The summed E-state index contributed by atoms with van der Waals surface area (Å²) >= 11 is 0. The van der Waals surface area contributed by atoms with Gasteiger partial charge >= 0.3 is 0 Å². The summed E-state index contributed by atoms with van der Waals surface area (Å²) in [6.45, 7) is 10.1. The van der Waals surface area contributed by atoms with Gasteiger partial charge in [-0.05, 0) is 44.9 Å². The Kier molecular flexibility index (Phi) is 3.70. The third-order valence-electron chi connectivity index (χ3n) is 2.71. The zero-order chi connectivity index (χ0) is 14.9. The van der Waals surface area contributed by atoms with Crippen molar-refractivity contribution in [2.45, 2.75) is 46.1 Å². The van der Waals surface area contributed by atoms with E-state index in [9.17, 15) is 0 Å². The van der Waals surface area contributed by atoms with Crippen LogP contribution in [0.3, 0.4) is 0 Å². The van der Waals surface area contributed by atoms with Gasteiger partial charge in [0.1, 0.15) is 5.60 Å². The predicted molar refractivity (Wildman–Crippen MR) is 80.2 cm³/mol. The summed E-state index contributed by atoms with van der Waals surface area (Å²) in [4.78, 5) is 4.45. The minimum Gasteiger partial charge on any atom is -0.470 e. The van der Waals surface area contributed by atoms with Gasteiger partial charge < -0.3 is 10.5 Å². The van der Waals surface area contributed by atoms with Gasteiger partial charge in [0.15, 0.2) is 5.82 Å². The predicted octanol–water partition coefficient (Wildman–Crippen LogP) is 3.15. The van der Waals surface area contributed by atoms with E-state index in [0.717, 1.165) is 5.69 Å². The van der Waals surface area contributed by atoms with E-state index < -0.39 is 0 Å². The standard InChI is InChI=1S/C15H22N4O/c1-10(2)12-8-9-19(18-12)13-7-6-11(16)14(17-13)20-15(3,4)5/h6-10H,16H2,1-5H3. The minimum absolute atomic E-state index is 0.340. The number of rotatable bonds is 3. The lowest BCUT2D eigenvalue weighted by Crippen LogP contribution is -2.24. The van der Waals surface area contributed by atoms with E-state index in [4.69, 9.17) is 10.5 Å². The molecular weight excluding hydrogens is 252 g/mol. The van der Waals surface area contributed by atoms with Gasteiger partial charge in [-0.25, -0.2) is 4.68 Å². The number of hydrogen-bond acceptors (Lipinski definition) is 4. The summed E-state index contributed by atoms with van der Waals surface area (Å²) in [5, 5.41) is 4.51. The quantitative estimate of drug-likeness (QED) is 0.933. The molecule has 0 radical (unpaired) electrons. The van der Waals surface area contributed by atoms with E-state index in [0.29, 0.717) is 23.3 Å². The second kappa shape index (κ2) is 5.15. The molecule has 2 N–H and O–H groups in total. The van der Waals surface area contributed by atoms with Gasteiger partial charge in [-0.3, -0.25) is 0 Å². The molecule has 0 saturated carbocycles. The first-order valence-corrected chi connectivity index (χ1v) is 6.78. The number of nitrogens with two attached hydrogens (primary N) is 1. The highest BCUT2D eigenvalue weighted by molar-refractivity contribution is 5.50. The van der Waals surface area contributed by atoms with Gasteiger partial charge in [0.05, 0.1) is 11.4 Å². The Balaban J connectivity index is 2.35. The van der Waals surface area contributed by atoms with Crippen LogP contribution < -0.4 is 10.5 Å². The van der Waals surface area contributed by atoms with Crippen LogP contribution in [0.25, 0.3) is 5.82 Å². The molecule has 108 valence electrons. The number of nitrogen functional groups attached to an aromatic ring is 1. The third-order valence-corrected chi connectivity index (χ3v) is 2.71. The lowest BCUT2D eigenvalue weighted by atomic mass is 10.1. The van der Waals surface area contributed by atoms with Crippen LogP contribution in [-0.4, -0.2) is 20.4 Å². The van der Waals surface area contributed by atoms with Crippen LogP contribution in [0, 0.1) is 0 Å². The van der Waals surface area contributed by atoms with Crippen molar-refractivity contribution < 1.29 is 4.74 Å². The lowest BCUT2D eigenvalue weighted by molar-refractivity contribution is 0.125. The molecule has 0 aliphatic carbocycles. The Morgan fingerprint density at radius 1 is 1.20 bits per heavy atom. The molecule has 0 atom stereocenters. The topological polar surface area (TPSA) is 66.0 Å². The van der Waals surface area contributed by atoms with E-state index in [-0.39, 0.29) is 5.60 Å². The molecule has 0 spiro atoms. The van der Waals surface area contributed by atoms with Gasteiger partial charge in [0.2, 0.25) is 5.88 Å². The summed E-state index contributed by atoms with van der Waals surface area (Å²) in [7, 11) is 0. The Morgan fingerprint density at radius 3 is 2.45 bits per heavy atom. The first-order chi connectivity index (χ1) is 9.26. The summed E-state index contributed by atoms with van der Waals surface area (Å²) in [5.74, 6) is 1.53. The number of hydrogen-bond donors (Lipinski definition) is 1. The maximum Gasteiger partial charge on any atom is 0.239 e. The Hall–Kier alpha value is -2.04. The normalized spacial score (nSPS) is 11.9. The fourth-order valence-electron chi connectivity index (χ4n) is 1.71. The van der Waals surface area contributed by atoms with Crippen molar-refractivity contribution in [3.63, 3.8) is 0 Å². The van der Waals surface area contributed by atoms with Gasteiger partial charge in [0.25, 0.3) is 0 Å². The van der Waals surface area contributed by atoms with Gasteiger partial charge in [0, 0.05) is 6.20 Å². The Morgan fingerprint density at radius 2 is 1.90 bits per heavy atom. The minimum atomic E-state index is -0.340. The number of anilines is 1. The van der Waals surface area contributed by atoms with Gasteiger partial charge in [-0.15, -0.1) is 0 Å². The fraction of sp³-hybridized carbons (Fsp3) is 0.467. The van der Waals surface area contributed by atoms with Crippen molar-refractivity contribution in [1.29, 1.82) is 0 Å². The van der Waals surface area contributed by atoms with E-state index in [2.05, 4.69) is 23.9 Å². The smallest absolute Gasteiger partial charge is 0.239 e. The molecule has 2 rings (SSSR count). The van der Waals surface area contributed by atoms with Crippen LogP contribution in [0.1, 0.15) is 46.2 Å². The molecule has 5 heteroatoms. The maximum absolute atomic E-state index is 5.91. The molecule has 0 aromatic carbocycles. The largest absolute Gasteiger partial charge is 0.470 e. The third kappa shape index (κ3) is 3.29. The molecule has 2 aromatic rings. The molecule has 0 aliphatic rings. The van der Waals surface area contributed by atoms with Crippen LogP contribution in [-0.2, 0) is 0 Å². The molecule has 0 bridgehead atoms. The Bertz CT molecular complexity index is 596. The average molecular weight is 274 g/mol. The molecule has 0 fully saturated rings. The zero-order valence-electron chi connectivity index (χ0n) is 12.7. The van der Waals surface area contributed by atoms with E-state index in [1.54, 1.807) is 10.7 Å². The number of nitrogens with zero attached hydrogens (tertiary/aromatic N) is 3. The van der Waals surface area contributed by atoms with E-state index in [1.807, 2.05) is 39.1 Å². The fourth-order valence-corrected chi connectivity index (χ4v) is 1.71. The summed E-state index contributed by atoms with van der Waals surface area (Å²) in [6.07, 6.45) is 1.90. The van der Waals surface area contributed by atoms with Crippen molar-refractivity contribution in [3.05, 3.63) is 30.1 Å². The van der Waals surface area contributed by atoms with Gasteiger partial charge in [-0.2, -0.15) is 10.1 Å². The zero-order valence-corrected chi connectivity index (χ0v) is 12.7. The first-order valence-electron chi connectivity index (χ1n) is 6.78. The highest BCUT2D eigenvalue weighted by atomic mass is 16.5. The Labute approximate surface area is 119 Å². The van der Waals surface area contributed by atoms with Crippen LogP contribution in [0.2, 0.25) is 0 Å². The first kappa shape index (κ1) is 14.4. The number of ether oxygens (including phenoxy) is 1. The monoisotopic (exact) mass is 274 g/mol. The number of aromatic nitrogens is 3. The number of pyridine rings is 1. The molecule has 0 saturated heterocycles. The lowest BCUT2D eigenvalue weighted by Gasteiger charge is -2.21. The molecule has 0 unspecified atom stereocenters. The van der Waals surface area contributed by atoms with Gasteiger partial charge in [-0.1, -0.05) is 13.8 Å². The average Bonchev–Trinajstić information content (AvgIpc) is 2.79. The van der Waals surface area contributed by atoms with Crippen LogP contribution >= 0.6 is 0 Å².